The van der Waals surface area contributed by atoms with Crippen LogP contribution in [0.2, 0.25) is 10.0 Å². The van der Waals surface area contributed by atoms with Gasteiger partial charge in [-0.2, -0.15) is 0 Å². The average molecular weight is 364 g/mol. The molecule has 1 aromatic carbocycles. The summed E-state index contributed by atoms with van der Waals surface area (Å²) in [6.07, 6.45) is 0.628. The summed E-state index contributed by atoms with van der Waals surface area (Å²) in [5.41, 5.74) is 0. The molecule has 0 heterocycles. The van der Waals surface area contributed by atoms with Gasteiger partial charge in [0.05, 0.1) is 10.0 Å². The topological polar surface area (TPSA) is 18.5 Å². The highest BCUT2D eigenvalue weighted by Crippen LogP contribution is 2.50. The van der Waals surface area contributed by atoms with Crippen molar-refractivity contribution in [3.63, 3.8) is 0 Å². The average Bonchev–Trinajstić information content (AvgIpc) is 2.25. The Morgan fingerprint density at radius 1 is 1.38 bits per heavy atom. The molecule has 1 atom stereocenters. The lowest BCUT2D eigenvalue weighted by Crippen LogP contribution is -1.98. The lowest BCUT2D eigenvalue weighted by Gasteiger charge is -2.20. The van der Waals surface area contributed by atoms with Gasteiger partial charge >= 0.3 is 0 Å². The van der Waals surface area contributed by atoms with E-state index >= 15 is 0 Å². The molecule has 7 heteroatoms. The maximum atomic E-state index is 6.02. The molecule has 0 amide bonds. The van der Waals surface area contributed by atoms with E-state index in [0.29, 0.717) is 26.4 Å². The van der Waals surface area contributed by atoms with Crippen LogP contribution in [0.3, 0.4) is 0 Å². The number of halogens is 3. The largest absolute Gasteiger partial charge is 0.442 e. The third-order valence-electron chi connectivity index (χ3n) is 1.88. The van der Waals surface area contributed by atoms with Crippen molar-refractivity contribution >= 4 is 57.4 Å². The molecule has 0 aliphatic heterocycles. The summed E-state index contributed by atoms with van der Waals surface area (Å²) < 4.78 is 11.6. The second-order valence-electron chi connectivity index (χ2n) is 2.90. The Kier molecular flexibility index (Phi) is 5.56. The van der Waals surface area contributed by atoms with Crippen LogP contribution in [0.15, 0.2) is 16.6 Å². The molecule has 0 N–H and O–H groups in total. The van der Waals surface area contributed by atoms with E-state index in [4.69, 9.17) is 44.1 Å². The van der Waals surface area contributed by atoms with Gasteiger partial charge in [0.2, 0.25) is 6.49 Å². The highest BCUT2D eigenvalue weighted by molar-refractivity contribution is 9.10. The number of benzene rings is 1. The molecule has 0 aromatic heterocycles. The summed E-state index contributed by atoms with van der Waals surface area (Å²) in [6, 6.07) is 3.30. The SMILES string of the molecule is CCP(=S)(OC)Oc1cc(Cl)c(Br)cc1Cl. The van der Waals surface area contributed by atoms with Crippen molar-refractivity contribution in [2.45, 2.75) is 6.92 Å². The van der Waals surface area contributed by atoms with Crippen molar-refractivity contribution in [2.75, 3.05) is 13.3 Å². The van der Waals surface area contributed by atoms with Crippen LogP contribution in [0.1, 0.15) is 6.92 Å². The standard InChI is InChI=1S/C9H10BrCl2O2PS/c1-3-15(16,13-2)14-9-5-7(11)6(10)4-8(9)12/h4-5H,3H2,1-2H3. The zero-order chi connectivity index (χ0) is 12.3. The molecule has 0 spiro atoms. The van der Waals surface area contributed by atoms with Crippen LogP contribution in [-0.4, -0.2) is 13.3 Å². The van der Waals surface area contributed by atoms with Crippen LogP contribution < -0.4 is 4.52 Å². The Morgan fingerprint density at radius 3 is 2.50 bits per heavy atom. The van der Waals surface area contributed by atoms with Crippen LogP contribution in [-0.2, 0) is 16.3 Å². The summed E-state index contributed by atoms with van der Waals surface area (Å²) in [4.78, 5) is 0. The molecule has 1 unspecified atom stereocenters. The third kappa shape index (κ3) is 3.59. The second-order valence-corrected chi connectivity index (χ2v) is 8.64. The first-order chi connectivity index (χ1) is 7.41. The van der Waals surface area contributed by atoms with E-state index in [1.165, 1.54) is 0 Å². The van der Waals surface area contributed by atoms with Crippen molar-refractivity contribution in [1.29, 1.82) is 0 Å². The highest BCUT2D eigenvalue weighted by atomic mass is 79.9. The Morgan fingerprint density at radius 2 is 2.00 bits per heavy atom. The summed E-state index contributed by atoms with van der Waals surface area (Å²) in [5.74, 6) is 0.460. The monoisotopic (exact) mass is 362 g/mol. The van der Waals surface area contributed by atoms with Gasteiger partial charge in [0.25, 0.3) is 0 Å². The van der Waals surface area contributed by atoms with Crippen molar-refractivity contribution in [3.8, 4) is 5.75 Å². The predicted molar refractivity (Wildman–Crippen MR) is 76.6 cm³/mol. The van der Waals surface area contributed by atoms with Gasteiger partial charge < -0.3 is 9.05 Å². The van der Waals surface area contributed by atoms with Gasteiger partial charge in [0.1, 0.15) is 5.75 Å². The molecule has 0 saturated heterocycles. The van der Waals surface area contributed by atoms with Gasteiger partial charge in [0.15, 0.2) is 0 Å². The third-order valence-corrected chi connectivity index (χ3v) is 6.62. The fourth-order valence-electron chi connectivity index (χ4n) is 0.955. The minimum atomic E-state index is -2.29. The van der Waals surface area contributed by atoms with E-state index in [0.717, 1.165) is 0 Å². The van der Waals surface area contributed by atoms with Gasteiger partial charge in [-0.15, -0.1) is 0 Å². The Hall–Kier alpha value is 0.690. The molecule has 16 heavy (non-hydrogen) atoms. The smallest absolute Gasteiger partial charge is 0.237 e. The van der Waals surface area contributed by atoms with Gasteiger partial charge in [0, 0.05) is 23.8 Å². The molecule has 0 saturated carbocycles. The molecule has 1 rings (SSSR count). The molecule has 0 aliphatic rings. The first-order valence-corrected chi connectivity index (χ1v) is 8.78. The zero-order valence-electron chi connectivity index (χ0n) is 8.67. The molecule has 2 nitrogen and oxygen atoms in total. The van der Waals surface area contributed by atoms with Crippen molar-refractivity contribution < 1.29 is 9.05 Å². The van der Waals surface area contributed by atoms with Crippen molar-refractivity contribution in [3.05, 3.63) is 26.7 Å². The molecule has 0 fully saturated rings. The van der Waals surface area contributed by atoms with E-state index in [2.05, 4.69) is 15.9 Å². The van der Waals surface area contributed by atoms with E-state index < -0.39 is 6.49 Å². The molecule has 1 aromatic rings. The summed E-state index contributed by atoms with van der Waals surface area (Å²) in [5, 5.41) is 0.976. The normalized spacial score (nSPS) is 14.6. The highest BCUT2D eigenvalue weighted by Gasteiger charge is 2.18. The maximum absolute atomic E-state index is 6.02. The fraction of sp³-hybridized carbons (Fsp3) is 0.333. The minimum absolute atomic E-state index is 0.455. The van der Waals surface area contributed by atoms with E-state index in [-0.39, 0.29) is 0 Å². The van der Waals surface area contributed by atoms with Crippen LogP contribution in [0.4, 0.5) is 0 Å². The zero-order valence-corrected chi connectivity index (χ0v) is 13.5. The summed E-state index contributed by atoms with van der Waals surface area (Å²) in [7, 11) is 1.54. The minimum Gasteiger partial charge on any atom is -0.442 e. The first-order valence-electron chi connectivity index (χ1n) is 4.41. The first kappa shape index (κ1) is 14.7. The van der Waals surface area contributed by atoms with Gasteiger partial charge in [-0.1, -0.05) is 30.1 Å². The molecular formula is C9H10BrCl2O2PS. The van der Waals surface area contributed by atoms with E-state index in [1.54, 1.807) is 19.2 Å². The summed E-state index contributed by atoms with van der Waals surface area (Å²) >= 11 is 20.5. The van der Waals surface area contributed by atoms with Crippen molar-refractivity contribution in [1.82, 2.24) is 0 Å². The van der Waals surface area contributed by atoms with Gasteiger partial charge in [-0.3, -0.25) is 0 Å². The maximum Gasteiger partial charge on any atom is 0.237 e. The van der Waals surface area contributed by atoms with Gasteiger partial charge in [-0.25, -0.2) is 0 Å². The lowest BCUT2D eigenvalue weighted by molar-refractivity contribution is 0.393. The second kappa shape index (κ2) is 6.03. The molecule has 0 aliphatic carbocycles. The molecule has 0 bridgehead atoms. The quantitative estimate of drug-likeness (QED) is 0.547. The lowest BCUT2D eigenvalue weighted by atomic mass is 10.3. The molecule has 0 radical (unpaired) electrons. The predicted octanol–water partition coefficient (Wildman–Crippen LogP) is 5.11. The van der Waals surface area contributed by atoms with Crippen LogP contribution in [0.5, 0.6) is 5.75 Å². The van der Waals surface area contributed by atoms with Crippen LogP contribution in [0, 0.1) is 0 Å². The van der Waals surface area contributed by atoms with Crippen LogP contribution >= 0.6 is 45.6 Å². The Labute approximate surface area is 119 Å². The van der Waals surface area contributed by atoms with E-state index in [1.807, 2.05) is 6.92 Å². The Balaban J connectivity index is 3.06. The summed E-state index contributed by atoms with van der Waals surface area (Å²) in [6.45, 7) is -0.375. The fourth-order valence-corrected chi connectivity index (χ4v) is 2.99. The molecular weight excluding hydrogens is 354 g/mol. The molecule has 90 valence electrons. The van der Waals surface area contributed by atoms with Gasteiger partial charge in [-0.05, 0) is 33.8 Å². The van der Waals surface area contributed by atoms with E-state index in [9.17, 15) is 0 Å². The number of hydrogen-bond donors (Lipinski definition) is 0. The Bertz CT molecular complexity index is 434. The number of hydrogen-bond acceptors (Lipinski definition) is 3. The van der Waals surface area contributed by atoms with Crippen LogP contribution in [0.25, 0.3) is 0 Å². The van der Waals surface area contributed by atoms with Crippen molar-refractivity contribution in [2.24, 2.45) is 0 Å². The number of rotatable bonds is 4.